The molecule has 1 nitrogen and oxygen atoms in total. The van der Waals surface area contributed by atoms with Gasteiger partial charge in [-0.25, -0.2) is 0 Å². The van der Waals surface area contributed by atoms with Crippen molar-refractivity contribution in [3.8, 4) is 0 Å². The molecule has 0 saturated heterocycles. The van der Waals surface area contributed by atoms with Crippen molar-refractivity contribution in [2.24, 2.45) is 11.7 Å². The minimum absolute atomic E-state index is 0.359. The molecule has 0 heterocycles. The first kappa shape index (κ1) is 9.69. The number of rotatable bonds is 3. The molecule has 0 aromatic carbocycles. The third-order valence-corrected chi connectivity index (χ3v) is 2.76. The van der Waals surface area contributed by atoms with Crippen molar-refractivity contribution < 1.29 is 0 Å². The van der Waals surface area contributed by atoms with Crippen LogP contribution in [0.25, 0.3) is 0 Å². The van der Waals surface area contributed by atoms with Crippen LogP contribution < -0.4 is 5.73 Å². The van der Waals surface area contributed by atoms with E-state index in [2.05, 4.69) is 43.4 Å². The second-order valence-corrected chi connectivity index (χ2v) is 4.83. The normalized spacial score (nSPS) is 21.0. The van der Waals surface area contributed by atoms with Gasteiger partial charge in [0.2, 0.25) is 0 Å². The third kappa shape index (κ3) is 5.15. The predicted octanol–water partition coefficient (Wildman–Crippen LogP) is 2.18. The Bertz CT molecular complexity index is 71.3. The molecule has 2 N–H and O–H groups in total. The van der Waals surface area contributed by atoms with E-state index in [0.717, 1.165) is 16.3 Å². The fourth-order valence-electron chi connectivity index (χ4n) is 0.774. The minimum atomic E-state index is 0.359. The van der Waals surface area contributed by atoms with Gasteiger partial charge in [0.15, 0.2) is 0 Å². The van der Waals surface area contributed by atoms with Crippen molar-refractivity contribution in [2.45, 2.75) is 37.2 Å². The molecule has 3 unspecified atom stereocenters. The largest absolute Gasteiger partial charge is 0.328 e. The molecule has 0 radical (unpaired) electrons. The highest BCUT2D eigenvalue weighted by atomic mass is 127. The van der Waals surface area contributed by atoms with Crippen LogP contribution in [0.5, 0.6) is 0 Å². The summed E-state index contributed by atoms with van der Waals surface area (Å²) in [6.45, 7) is 6.55. The molecule has 0 saturated carbocycles. The number of hydrogen-bond acceptors (Lipinski definition) is 1. The van der Waals surface area contributed by atoms with Gasteiger partial charge >= 0.3 is 0 Å². The molecule has 9 heavy (non-hydrogen) atoms. The summed E-state index contributed by atoms with van der Waals surface area (Å²) in [6.07, 6.45) is 1.14. The zero-order valence-electron chi connectivity index (χ0n) is 6.39. The van der Waals surface area contributed by atoms with Crippen molar-refractivity contribution in [3.63, 3.8) is 0 Å². The van der Waals surface area contributed by atoms with E-state index in [9.17, 15) is 0 Å². The van der Waals surface area contributed by atoms with Crippen molar-refractivity contribution in [1.82, 2.24) is 0 Å². The number of nitrogens with two attached hydrogens (primary N) is 1. The molecule has 0 rings (SSSR count). The first-order valence-electron chi connectivity index (χ1n) is 3.43. The Hall–Kier alpha value is 0.690. The lowest BCUT2D eigenvalue weighted by atomic mass is 10.0. The van der Waals surface area contributed by atoms with Crippen LogP contribution in [0, 0.1) is 5.92 Å². The van der Waals surface area contributed by atoms with Gasteiger partial charge in [0.25, 0.3) is 0 Å². The van der Waals surface area contributed by atoms with E-state index >= 15 is 0 Å². The quantitative estimate of drug-likeness (QED) is 0.594. The highest BCUT2D eigenvalue weighted by Crippen LogP contribution is 2.16. The van der Waals surface area contributed by atoms with Crippen LogP contribution in [0.15, 0.2) is 0 Å². The van der Waals surface area contributed by atoms with Gasteiger partial charge in [0, 0.05) is 9.97 Å². The number of halogens is 1. The van der Waals surface area contributed by atoms with E-state index in [4.69, 9.17) is 5.73 Å². The van der Waals surface area contributed by atoms with Crippen LogP contribution >= 0.6 is 22.6 Å². The van der Waals surface area contributed by atoms with E-state index in [1.807, 2.05) is 0 Å². The monoisotopic (exact) mass is 241 g/mol. The lowest BCUT2D eigenvalue weighted by Crippen LogP contribution is -2.21. The van der Waals surface area contributed by atoms with Crippen LogP contribution in [0.2, 0.25) is 0 Å². The first-order valence-corrected chi connectivity index (χ1v) is 4.68. The Morgan fingerprint density at radius 3 is 1.89 bits per heavy atom. The van der Waals surface area contributed by atoms with Crippen molar-refractivity contribution in [1.29, 1.82) is 0 Å². The molecule has 56 valence electrons. The van der Waals surface area contributed by atoms with Gasteiger partial charge in [0.1, 0.15) is 0 Å². The average Bonchev–Trinajstić information content (AvgIpc) is 1.63. The average molecular weight is 241 g/mol. The summed E-state index contributed by atoms with van der Waals surface area (Å²) in [7, 11) is 0. The van der Waals surface area contributed by atoms with Gasteiger partial charge in [-0.1, -0.05) is 36.4 Å². The highest BCUT2D eigenvalue weighted by molar-refractivity contribution is 14.1. The van der Waals surface area contributed by atoms with Crippen molar-refractivity contribution in [2.75, 3.05) is 0 Å². The molecule has 0 spiro atoms. The molecule has 0 bridgehead atoms. The minimum Gasteiger partial charge on any atom is -0.328 e. The Morgan fingerprint density at radius 1 is 1.33 bits per heavy atom. The summed E-state index contributed by atoms with van der Waals surface area (Å²) < 4.78 is 0.744. The van der Waals surface area contributed by atoms with Gasteiger partial charge in [-0.2, -0.15) is 0 Å². The molecule has 0 amide bonds. The summed E-state index contributed by atoms with van der Waals surface area (Å²) in [5.41, 5.74) is 5.63. The zero-order chi connectivity index (χ0) is 7.44. The Kier molecular flexibility index (Phi) is 4.84. The summed E-state index contributed by atoms with van der Waals surface area (Å²) in [4.78, 5) is 0. The third-order valence-electron chi connectivity index (χ3n) is 1.53. The Labute approximate surface area is 71.5 Å². The van der Waals surface area contributed by atoms with Crippen molar-refractivity contribution in [3.05, 3.63) is 0 Å². The molecule has 2 heteroatoms. The maximum absolute atomic E-state index is 5.63. The van der Waals surface area contributed by atoms with Crippen molar-refractivity contribution >= 4 is 22.6 Å². The van der Waals surface area contributed by atoms with Gasteiger partial charge in [0.05, 0.1) is 0 Å². The van der Waals surface area contributed by atoms with E-state index < -0.39 is 0 Å². The second-order valence-electron chi connectivity index (χ2n) is 2.87. The van der Waals surface area contributed by atoms with E-state index in [1.54, 1.807) is 0 Å². The Balaban J connectivity index is 3.38. The lowest BCUT2D eigenvalue weighted by molar-refractivity contribution is 0.488. The molecule has 0 aromatic rings. The standard InChI is InChI=1S/C7H16IN/c1-5(7(3)8)4-6(2)9/h5-7H,4,9H2,1-3H3. The molecule has 0 aliphatic carbocycles. The molecule has 3 atom stereocenters. The van der Waals surface area contributed by atoms with E-state index in [-0.39, 0.29) is 0 Å². The van der Waals surface area contributed by atoms with E-state index in [0.29, 0.717) is 6.04 Å². The fraction of sp³-hybridized carbons (Fsp3) is 1.00. The van der Waals surface area contributed by atoms with E-state index in [1.165, 1.54) is 0 Å². The SMILES string of the molecule is CC(N)CC(C)C(C)I. The zero-order valence-corrected chi connectivity index (χ0v) is 8.55. The van der Waals surface area contributed by atoms with Crippen LogP contribution in [-0.2, 0) is 0 Å². The smallest absolute Gasteiger partial charge is 0.0107 e. The summed E-state index contributed by atoms with van der Waals surface area (Å²) >= 11 is 2.45. The molecule has 0 aliphatic heterocycles. The lowest BCUT2D eigenvalue weighted by Gasteiger charge is -2.15. The molecule has 0 aromatic heterocycles. The first-order chi connectivity index (χ1) is 4.04. The van der Waals surface area contributed by atoms with Crippen LogP contribution in [0.1, 0.15) is 27.2 Å². The second kappa shape index (κ2) is 4.50. The number of alkyl halides is 1. The van der Waals surface area contributed by atoms with Crippen LogP contribution in [-0.4, -0.2) is 9.97 Å². The van der Waals surface area contributed by atoms with Crippen LogP contribution in [0.3, 0.4) is 0 Å². The predicted molar refractivity (Wildman–Crippen MR) is 50.9 cm³/mol. The fourth-order valence-corrected chi connectivity index (χ4v) is 1.07. The highest BCUT2D eigenvalue weighted by Gasteiger charge is 2.09. The van der Waals surface area contributed by atoms with Crippen LogP contribution in [0.4, 0.5) is 0 Å². The Morgan fingerprint density at radius 2 is 1.78 bits per heavy atom. The topological polar surface area (TPSA) is 26.0 Å². The summed E-state index contributed by atoms with van der Waals surface area (Å²) in [5.74, 6) is 0.755. The van der Waals surface area contributed by atoms with Gasteiger partial charge < -0.3 is 5.73 Å². The molecule has 0 fully saturated rings. The van der Waals surface area contributed by atoms with Gasteiger partial charge in [-0.3, -0.25) is 0 Å². The molecule has 0 aliphatic rings. The van der Waals surface area contributed by atoms with Gasteiger partial charge in [-0.15, -0.1) is 0 Å². The summed E-state index contributed by atoms with van der Waals surface area (Å²) in [6, 6.07) is 0.359. The maximum atomic E-state index is 5.63. The number of hydrogen-bond donors (Lipinski definition) is 1. The van der Waals surface area contributed by atoms with Gasteiger partial charge in [-0.05, 0) is 19.3 Å². The maximum Gasteiger partial charge on any atom is 0.0107 e. The summed E-state index contributed by atoms with van der Waals surface area (Å²) in [5, 5.41) is 0. The molecular formula is C7H16IN. The molecular weight excluding hydrogens is 225 g/mol.